The SMILES string of the molecule is COC(=O)N1C[C@H](O)C[C@H]1C(=O)NCC[C@@]1(O)C2CC(S(=O)(=O)c3cc(C(=O)Nc4cc(F)c(F)c(F)c4)ccc3Cl)C[C@@H]1[C@@H](C)C2. The maximum atomic E-state index is 13.9. The molecule has 16 heteroatoms. The highest BCUT2D eigenvalue weighted by molar-refractivity contribution is 7.92. The summed E-state index contributed by atoms with van der Waals surface area (Å²) >= 11 is 6.31. The first-order valence-corrected chi connectivity index (χ1v) is 17.0. The van der Waals surface area contributed by atoms with Gasteiger partial charge in [0.15, 0.2) is 27.3 Å². The maximum Gasteiger partial charge on any atom is 0.410 e. The number of carbonyl (C=O) groups excluding carboxylic acids is 3. The highest BCUT2D eigenvalue weighted by atomic mass is 35.5. The molecule has 3 amide bonds. The van der Waals surface area contributed by atoms with E-state index in [9.17, 15) is 46.2 Å². The molecule has 0 radical (unpaired) electrons. The van der Waals surface area contributed by atoms with Crippen molar-refractivity contribution in [2.24, 2.45) is 17.8 Å². The Hall–Kier alpha value is -3.40. The molecule has 2 aliphatic carbocycles. The Kier molecular flexibility index (Phi) is 9.84. The molecule has 2 bridgehead atoms. The largest absolute Gasteiger partial charge is 0.453 e. The Morgan fingerprint density at radius 1 is 1.09 bits per heavy atom. The van der Waals surface area contributed by atoms with E-state index in [1.165, 1.54) is 19.2 Å². The topological polar surface area (TPSA) is 162 Å². The van der Waals surface area contributed by atoms with Crippen LogP contribution in [0.15, 0.2) is 35.2 Å². The van der Waals surface area contributed by atoms with Gasteiger partial charge >= 0.3 is 6.09 Å². The van der Waals surface area contributed by atoms with Gasteiger partial charge < -0.3 is 25.6 Å². The van der Waals surface area contributed by atoms with E-state index in [2.05, 4.69) is 10.6 Å². The minimum Gasteiger partial charge on any atom is -0.453 e. The van der Waals surface area contributed by atoms with Gasteiger partial charge in [-0.15, -0.1) is 0 Å². The number of hydrogen-bond donors (Lipinski definition) is 4. The second-order valence-electron chi connectivity index (χ2n) is 12.6. The minimum absolute atomic E-state index is 0.0372. The molecule has 2 saturated carbocycles. The van der Waals surface area contributed by atoms with Gasteiger partial charge in [-0.2, -0.15) is 0 Å². The number of aliphatic hydroxyl groups is 2. The average Bonchev–Trinajstić information content (AvgIpc) is 3.43. The third-order valence-electron chi connectivity index (χ3n) is 9.75. The van der Waals surface area contributed by atoms with E-state index >= 15 is 0 Å². The van der Waals surface area contributed by atoms with E-state index in [-0.39, 0.29) is 65.9 Å². The zero-order chi connectivity index (χ0) is 34.4. The van der Waals surface area contributed by atoms with Gasteiger partial charge in [-0.1, -0.05) is 18.5 Å². The van der Waals surface area contributed by atoms with Gasteiger partial charge in [0.1, 0.15) is 6.04 Å². The molecule has 2 aromatic rings. The zero-order valence-electron chi connectivity index (χ0n) is 25.5. The molecule has 11 nitrogen and oxygen atoms in total. The van der Waals surface area contributed by atoms with Crippen molar-refractivity contribution in [1.82, 2.24) is 10.2 Å². The van der Waals surface area contributed by atoms with Crippen LogP contribution >= 0.6 is 11.6 Å². The number of nitrogens with one attached hydrogen (secondary N) is 2. The summed E-state index contributed by atoms with van der Waals surface area (Å²) in [7, 11) is -2.97. The number of nitrogens with zero attached hydrogens (tertiary/aromatic N) is 1. The number of methoxy groups -OCH3 is 1. The number of rotatable bonds is 8. The highest BCUT2D eigenvalue weighted by Gasteiger charge is 2.58. The number of benzene rings is 2. The van der Waals surface area contributed by atoms with Gasteiger partial charge in [0, 0.05) is 36.3 Å². The molecule has 0 spiro atoms. The summed E-state index contributed by atoms with van der Waals surface area (Å²) < 4.78 is 73.1. The van der Waals surface area contributed by atoms with Crippen LogP contribution in [-0.2, 0) is 19.4 Å². The number of halogens is 4. The van der Waals surface area contributed by atoms with E-state index in [4.69, 9.17) is 16.3 Å². The maximum absolute atomic E-state index is 13.9. The second kappa shape index (κ2) is 13.2. The Bertz CT molecular complexity index is 1670. The lowest BCUT2D eigenvalue weighted by Gasteiger charge is -2.43. The Morgan fingerprint density at radius 3 is 2.40 bits per heavy atom. The van der Waals surface area contributed by atoms with Crippen LogP contribution in [0.5, 0.6) is 0 Å². The third kappa shape index (κ3) is 6.67. The summed E-state index contributed by atoms with van der Waals surface area (Å²) in [5.74, 6) is -7.03. The summed E-state index contributed by atoms with van der Waals surface area (Å²) in [5, 5.41) is 25.7. The monoisotopic (exact) mass is 701 g/mol. The number of β-amino-alcohol motifs (C(OH)–C–C–N with tert-alkyl or cyclic N) is 1. The van der Waals surface area contributed by atoms with Crippen LogP contribution in [0.3, 0.4) is 0 Å². The summed E-state index contributed by atoms with van der Waals surface area (Å²) in [6, 6.07) is 3.78. The molecular weight excluding hydrogens is 667 g/mol. The van der Waals surface area contributed by atoms with Crippen LogP contribution in [0.2, 0.25) is 5.02 Å². The van der Waals surface area contributed by atoms with Gasteiger partial charge in [0.2, 0.25) is 5.91 Å². The summed E-state index contributed by atoms with van der Waals surface area (Å²) in [6.45, 7) is 1.94. The molecule has 3 fully saturated rings. The number of amides is 3. The first-order chi connectivity index (χ1) is 22.1. The molecule has 3 aliphatic rings. The lowest BCUT2D eigenvalue weighted by molar-refractivity contribution is -0.125. The van der Waals surface area contributed by atoms with Crippen LogP contribution in [0.1, 0.15) is 49.4 Å². The zero-order valence-corrected chi connectivity index (χ0v) is 27.1. The first kappa shape index (κ1) is 34.9. The van der Waals surface area contributed by atoms with E-state index in [1.54, 1.807) is 0 Å². The van der Waals surface area contributed by atoms with Gasteiger partial charge in [-0.25, -0.2) is 26.4 Å². The molecule has 7 atom stereocenters. The fourth-order valence-corrected chi connectivity index (χ4v) is 9.82. The fraction of sp³-hybridized carbons (Fsp3) is 0.516. The molecule has 256 valence electrons. The average molecular weight is 702 g/mol. The van der Waals surface area contributed by atoms with Crippen molar-refractivity contribution in [1.29, 1.82) is 0 Å². The predicted molar refractivity (Wildman–Crippen MR) is 163 cm³/mol. The Labute approximate surface area is 274 Å². The van der Waals surface area contributed by atoms with Crippen molar-refractivity contribution in [2.75, 3.05) is 25.5 Å². The lowest BCUT2D eigenvalue weighted by Crippen LogP contribution is -2.51. The van der Waals surface area contributed by atoms with Crippen LogP contribution in [0, 0.1) is 35.2 Å². The standard InChI is InChI=1S/C31H35ClF3N3O8S/c1-15-7-17-9-20(13-21(15)31(17,43)5-6-36-29(41)25-12-19(39)14-38(25)30(42)46-2)47(44,45)26-8-16(3-4-22(26)32)28(40)37-18-10-23(33)27(35)24(34)11-18/h3-4,8,10-11,15,17,19-21,25,39,43H,5-7,9,12-14H2,1-2H3,(H,36,41)(H,37,40)/t15-,17?,19+,20?,21+,25-,31+/m0/s1. The first-order valence-electron chi connectivity index (χ1n) is 15.1. The van der Waals surface area contributed by atoms with Crippen LogP contribution in [-0.4, -0.2) is 84.6 Å². The number of ether oxygens (including phenoxy) is 1. The third-order valence-corrected chi connectivity index (χ3v) is 12.4. The Morgan fingerprint density at radius 2 is 1.77 bits per heavy atom. The second-order valence-corrected chi connectivity index (χ2v) is 15.2. The van der Waals surface area contributed by atoms with E-state index < -0.39 is 80.0 Å². The van der Waals surface area contributed by atoms with E-state index in [0.717, 1.165) is 11.0 Å². The van der Waals surface area contributed by atoms with Gasteiger partial charge in [-0.3, -0.25) is 14.5 Å². The van der Waals surface area contributed by atoms with Crippen molar-refractivity contribution in [3.63, 3.8) is 0 Å². The number of anilines is 1. The molecule has 2 unspecified atom stereocenters. The van der Waals surface area contributed by atoms with Gasteiger partial charge in [-0.05, 0) is 61.6 Å². The van der Waals surface area contributed by atoms with Crippen molar-refractivity contribution in [3.05, 3.63) is 58.4 Å². The molecule has 4 N–H and O–H groups in total. The minimum atomic E-state index is -4.14. The van der Waals surface area contributed by atoms with Crippen LogP contribution < -0.4 is 10.6 Å². The lowest BCUT2D eigenvalue weighted by atomic mass is 9.71. The summed E-state index contributed by atoms with van der Waals surface area (Å²) in [6.07, 6.45) is -0.698. The Balaban J connectivity index is 1.27. The normalized spacial score (nSPS) is 28.6. The molecule has 2 aromatic carbocycles. The van der Waals surface area contributed by atoms with E-state index in [0.29, 0.717) is 18.6 Å². The number of hydrogen-bond acceptors (Lipinski definition) is 8. The molecule has 1 heterocycles. The van der Waals surface area contributed by atoms with Crippen molar-refractivity contribution >= 4 is 45.0 Å². The van der Waals surface area contributed by atoms with Crippen LogP contribution in [0.4, 0.5) is 23.7 Å². The molecule has 1 saturated heterocycles. The molecular formula is C31H35ClF3N3O8S. The van der Waals surface area contributed by atoms with Crippen LogP contribution in [0.25, 0.3) is 0 Å². The van der Waals surface area contributed by atoms with Crippen molar-refractivity contribution < 1.29 is 50.9 Å². The number of likely N-dealkylation sites (tertiary alicyclic amines) is 1. The quantitative estimate of drug-likeness (QED) is 0.303. The highest BCUT2D eigenvalue weighted by Crippen LogP contribution is 2.56. The van der Waals surface area contributed by atoms with Gasteiger partial charge in [0.25, 0.3) is 5.91 Å². The number of sulfone groups is 1. The molecule has 47 heavy (non-hydrogen) atoms. The van der Waals surface area contributed by atoms with Crippen molar-refractivity contribution in [2.45, 2.75) is 66.9 Å². The molecule has 5 rings (SSSR count). The number of aliphatic hydroxyl groups excluding tert-OH is 1. The van der Waals surface area contributed by atoms with Crippen molar-refractivity contribution in [3.8, 4) is 0 Å². The molecule has 1 aliphatic heterocycles. The van der Waals surface area contributed by atoms with E-state index in [1.807, 2.05) is 6.92 Å². The number of fused-ring (bicyclic) bond motifs is 2. The summed E-state index contributed by atoms with van der Waals surface area (Å²) in [4.78, 5) is 38.6. The van der Waals surface area contributed by atoms with Gasteiger partial charge in [0.05, 0.1) is 40.5 Å². The molecule has 0 aromatic heterocycles. The predicted octanol–water partition coefficient (Wildman–Crippen LogP) is 3.66. The fourth-order valence-electron chi connectivity index (χ4n) is 7.45. The smallest absolute Gasteiger partial charge is 0.410 e. The number of carbonyl (C=O) groups is 3. The summed E-state index contributed by atoms with van der Waals surface area (Å²) in [5.41, 5.74) is -1.82.